The molecule has 0 saturated heterocycles. The van der Waals surface area contributed by atoms with Crippen LogP contribution in [0, 0.1) is 0 Å². The summed E-state index contributed by atoms with van der Waals surface area (Å²) in [5.41, 5.74) is 8.00. The lowest BCUT2D eigenvalue weighted by Gasteiger charge is -2.05. The summed E-state index contributed by atoms with van der Waals surface area (Å²) in [6, 6.07) is 11.3. The minimum atomic E-state index is -0.383. The molecule has 2 N–H and O–H groups in total. The third kappa shape index (κ3) is 2.05. The van der Waals surface area contributed by atoms with Crippen LogP contribution >= 0.6 is 11.3 Å². The Labute approximate surface area is 108 Å². The van der Waals surface area contributed by atoms with Crippen LogP contribution < -0.4 is 5.73 Å². The molecule has 2 aromatic heterocycles. The summed E-state index contributed by atoms with van der Waals surface area (Å²) in [7, 11) is 0. The van der Waals surface area contributed by atoms with Crippen molar-refractivity contribution in [2.24, 2.45) is 5.73 Å². The minimum Gasteiger partial charge on any atom is -0.337 e. The third-order valence-corrected chi connectivity index (χ3v) is 3.33. The van der Waals surface area contributed by atoms with Gasteiger partial charge in [-0.05, 0) is 17.0 Å². The maximum Gasteiger partial charge on any atom is 0.248 e. The molecular weight excluding hydrogens is 246 g/mol. The highest BCUT2D eigenvalue weighted by molar-refractivity contribution is 7.08. The Morgan fingerprint density at radius 1 is 1.17 bits per heavy atom. The van der Waals surface area contributed by atoms with E-state index in [2.05, 4.69) is 10.1 Å². The van der Waals surface area contributed by atoms with Crippen LogP contribution in [0.15, 0.2) is 51.7 Å². The van der Waals surface area contributed by atoms with Crippen LogP contribution in [0.4, 0.5) is 0 Å². The second kappa shape index (κ2) is 4.72. The first-order valence-corrected chi connectivity index (χ1v) is 6.45. The molecule has 0 spiro atoms. The van der Waals surface area contributed by atoms with Gasteiger partial charge in [0.15, 0.2) is 0 Å². The second-order valence-electron chi connectivity index (χ2n) is 3.86. The molecular formula is C13H11N3OS. The molecule has 90 valence electrons. The highest BCUT2D eigenvalue weighted by Crippen LogP contribution is 2.22. The van der Waals surface area contributed by atoms with Crippen molar-refractivity contribution in [2.45, 2.75) is 6.04 Å². The van der Waals surface area contributed by atoms with Crippen molar-refractivity contribution in [1.29, 1.82) is 0 Å². The maximum atomic E-state index is 6.09. The highest BCUT2D eigenvalue weighted by atomic mass is 32.1. The van der Waals surface area contributed by atoms with E-state index < -0.39 is 0 Å². The van der Waals surface area contributed by atoms with Crippen LogP contribution in [0.25, 0.3) is 11.4 Å². The Balaban J connectivity index is 1.90. The van der Waals surface area contributed by atoms with E-state index in [1.165, 1.54) is 0 Å². The van der Waals surface area contributed by atoms with Crippen molar-refractivity contribution in [3.05, 3.63) is 58.6 Å². The zero-order valence-corrected chi connectivity index (χ0v) is 10.3. The summed E-state index contributed by atoms with van der Waals surface area (Å²) < 4.78 is 5.22. The van der Waals surface area contributed by atoms with Crippen molar-refractivity contribution >= 4 is 11.3 Å². The minimum absolute atomic E-state index is 0.383. The normalized spacial score (nSPS) is 12.5. The first-order valence-electron chi connectivity index (χ1n) is 5.51. The van der Waals surface area contributed by atoms with Crippen molar-refractivity contribution in [3.8, 4) is 11.4 Å². The molecule has 0 aliphatic carbocycles. The largest absolute Gasteiger partial charge is 0.337 e. The van der Waals surface area contributed by atoms with E-state index in [1.54, 1.807) is 11.3 Å². The zero-order valence-electron chi connectivity index (χ0n) is 9.48. The Morgan fingerprint density at radius 3 is 2.72 bits per heavy atom. The van der Waals surface area contributed by atoms with Gasteiger partial charge in [0.1, 0.15) is 6.04 Å². The van der Waals surface area contributed by atoms with Crippen LogP contribution in [0.5, 0.6) is 0 Å². The van der Waals surface area contributed by atoms with Crippen molar-refractivity contribution in [3.63, 3.8) is 0 Å². The maximum absolute atomic E-state index is 6.09. The molecule has 18 heavy (non-hydrogen) atoms. The van der Waals surface area contributed by atoms with E-state index in [0.717, 1.165) is 11.1 Å². The van der Waals surface area contributed by atoms with Crippen LogP contribution in [-0.2, 0) is 0 Å². The second-order valence-corrected chi connectivity index (χ2v) is 4.64. The SMILES string of the molecule is N[C@H](c1ccccc1)c1nc(-c2ccsc2)no1. The van der Waals surface area contributed by atoms with Gasteiger partial charge < -0.3 is 10.3 Å². The molecule has 2 heterocycles. The topological polar surface area (TPSA) is 64.9 Å². The molecule has 0 fully saturated rings. The summed E-state index contributed by atoms with van der Waals surface area (Å²) in [4.78, 5) is 4.33. The molecule has 0 amide bonds. The quantitative estimate of drug-likeness (QED) is 0.783. The number of nitrogens with two attached hydrogens (primary N) is 1. The Morgan fingerprint density at radius 2 is 2.00 bits per heavy atom. The van der Waals surface area contributed by atoms with Gasteiger partial charge in [-0.25, -0.2) is 0 Å². The van der Waals surface area contributed by atoms with Gasteiger partial charge in [0, 0.05) is 10.9 Å². The molecule has 0 aliphatic heterocycles. The molecule has 4 nitrogen and oxygen atoms in total. The fraction of sp³-hybridized carbons (Fsp3) is 0.0769. The summed E-state index contributed by atoms with van der Waals surface area (Å²) in [5.74, 6) is 1.01. The van der Waals surface area contributed by atoms with Crippen LogP contribution in [0.3, 0.4) is 0 Å². The van der Waals surface area contributed by atoms with Gasteiger partial charge in [-0.2, -0.15) is 16.3 Å². The van der Waals surface area contributed by atoms with Crippen molar-refractivity contribution < 1.29 is 4.52 Å². The summed E-state index contributed by atoms with van der Waals surface area (Å²) in [6.45, 7) is 0. The van der Waals surface area contributed by atoms with E-state index in [4.69, 9.17) is 10.3 Å². The molecule has 1 aromatic carbocycles. The number of thiophene rings is 1. The van der Waals surface area contributed by atoms with Gasteiger partial charge >= 0.3 is 0 Å². The first-order chi connectivity index (χ1) is 8.84. The molecule has 0 radical (unpaired) electrons. The monoisotopic (exact) mass is 257 g/mol. The molecule has 1 atom stereocenters. The summed E-state index contributed by atoms with van der Waals surface area (Å²) in [6.07, 6.45) is 0. The first kappa shape index (κ1) is 11.1. The van der Waals surface area contributed by atoms with Gasteiger partial charge in [0.05, 0.1) is 0 Å². The smallest absolute Gasteiger partial charge is 0.248 e. The van der Waals surface area contributed by atoms with Gasteiger partial charge in [0.25, 0.3) is 0 Å². The Kier molecular flexibility index (Phi) is 2.92. The number of nitrogens with zero attached hydrogens (tertiary/aromatic N) is 2. The number of hydrogen-bond donors (Lipinski definition) is 1. The van der Waals surface area contributed by atoms with E-state index in [9.17, 15) is 0 Å². The average Bonchev–Trinajstić information content (AvgIpc) is 3.09. The predicted octanol–water partition coefficient (Wildman–Crippen LogP) is 2.85. The number of aromatic nitrogens is 2. The molecule has 0 aliphatic rings. The highest BCUT2D eigenvalue weighted by Gasteiger charge is 2.17. The molecule has 3 aromatic rings. The van der Waals surface area contributed by atoms with Crippen LogP contribution in [-0.4, -0.2) is 10.1 Å². The fourth-order valence-corrected chi connectivity index (χ4v) is 2.31. The van der Waals surface area contributed by atoms with E-state index in [0.29, 0.717) is 11.7 Å². The van der Waals surface area contributed by atoms with E-state index >= 15 is 0 Å². The lowest BCUT2D eigenvalue weighted by molar-refractivity contribution is 0.367. The molecule has 3 rings (SSSR count). The summed E-state index contributed by atoms with van der Waals surface area (Å²) in [5, 5.41) is 7.90. The summed E-state index contributed by atoms with van der Waals surface area (Å²) >= 11 is 1.60. The molecule has 0 unspecified atom stereocenters. The van der Waals surface area contributed by atoms with Gasteiger partial charge in [-0.15, -0.1) is 0 Å². The lowest BCUT2D eigenvalue weighted by Crippen LogP contribution is -2.11. The van der Waals surface area contributed by atoms with Crippen molar-refractivity contribution in [1.82, 2.24) is 10.1 Å². The molecule has 5 heteroatoms. The van der Waals surface area contributed by atoms with Gasteiger partial charge in [0.2, 0.25) is 11.7 Å². The van der Waals surface area contributed by atoms with Crippen LogP contribution in [0.2, 0.25) is 0 Å². The number of rotatable bonds is 3. The molecule has 0 saturated carbocycles. The van der Waals surface area contributed by atoms with E-state index in [1.807, 2.05) is 47.2 Å². The number of hydrogen-bond acceptors (Lipinski definition) is 5. The predicted molar refractivity (Wildman–Crippen MR) is 70.1 cm³/mol. The number of benzene rings is 1. The van der Waals surface area contributed by atoms with Crippen molar-refractivity contribution in [2.75, 3.05) is 0 Å². The zero-order chi connectivity index (χ0) is 12.4. The lowest BCUT2D eigenvalue weighted by atomic mass is 10.1. The standard InChI is InChI=1S/C13H11N3OS/c14-11(9-4-2-1-3-5-9)13-15-12(16-17-13)10-6-7-18-8-10/h1-8,11H,14H2/t11-/m1/s1. The Bertz CT molecular complexity index is 619. The Hall–Kier alpha value is -1.98. The third-order valence-electron chi connectivity index (χ3n) is 2.65. The average molecular weight is 257 g/mol. The fourth-order valence-electron chi connectivity index (χ4n) is 1.67. The van der Waals surface area contributed by atoms with E-state index in [-0.39, 0.29) is 6.04 Å². The van der Waals surface area contributed by atoms with Crippen LogP contribution in [0.1, 0.15) is 17.5 Å². The van der Waals surface area contributed by atoms with Gasteiger partial charge in [-0.3, -0.25) is 0 Å². The van der Waals surface area contributed by atoms with Gasteiger partial charge in [-0.1, -0.05) is 35.5 Å². The molecule has 0 bridgehead atoms.